The van der Waals surface area contributed by atoms with E-state index in [-0.39, 0.29) is 11.4 Å². The Morgan fingerprint density at radius 1 is 1.24 bits per heavy atom. The summed E-state index contributed by atoms with van der Waals surface area (Å²) in [5.41, 5.74) is 1.42. The van der Waals surface area contributed by atoms with Gasteiger partial charge >= 0.3 is 0 Å². The lowest BCUT2D eigenvalue weighted by Crippen LogP contribution is -2.11. The minimum absolute atomic E-state index is 0.232. The SMILES string of the molecule is CCCOc1cc(-c2[nH]c(=O)c(-c3nn[nH]n3)cc2Br)ccc1OC. The van der Waals surface area contributed by atoms with Gasteiger partial charge in [-0.1, -0.05) is 6.92 Å². The minimum Gasteiger partial charge on any atom is -0.493 e. The molecule has 0 amide bonds. The van der Waals surface area contributed by atoms with E-state index in [9.17, 15) is 4.79 Å². The molecule has 0 bridgehead atoms. The maximum atomic E-state index is 12.4. The van der Waals surface area contributed by atoms with Gasteiger partial charge in [0.05, 0.1) is 25.0 Å². The maximum absolute atomic E-state index is 12.4. The number of rotatable bonds is 6. The molecule has 0 aliphatic heterocycles. The Morgan fingerprint density at radius 2 is 2.08 bits per heavy atom. The molecule has 0 saturated carbocycles. The zero-order valence-corrected chi connectivity index (χ0v) is 15.3. The Labute approximate surface area is 151 Å². The number of nitrogens with one attached hydrogen (secondary N) is 2. The van der Waals surface area contributed by atoms with Gasteiger partial charge in [0.2, 0.25) is 5.82 Å². The third kappa shape index (κ3) is 3.55. The highest BCUT2D eigenvalue weighted by atomic mass is 79.9. The lowest BCUT2D eigenvalue weighted by Gasteiger charge is -2.13. The molecule has 0 aliphatic carbocycles. The normalized spacial score (nSPS) is 10.7. The van der Waals surface area contributed by atoms with E-state index in [1.807, 2.05) is 19.1 Å². The van der Waals surface area contributed by atoms with Gasteiger partial charge in [-0.2, -0.15) is 5.21 Å². The number of H-pyrrole nitrogens is 2. The van der Waals surface area contributed by atoms with Crippen LogP contribution >= 0.6 is 15.9 Å². The summed E-state index contributed by atoms with van der Waals surface area (Å²) in [7, 11) is 1.59. The summed E-state index contributed by atoms with van der Waals surface area (Å²) in [6.07, 6.45) is 0.882. The van der Waals surface area contributed by atoms with Gasteiger partial charge in [0, 0.05) is 10.0 Å². The molecule has 8 nitrogen and oxygen atoms in total. The fourth-order valence-corrected chi connectivity index (χ4v) is 2.87. The summed E-state index contributed by atoms with van der Waals surface area (Å²) in [6, 6.07) is 7.15. The number of tetrazole rings is 1. The lowest BCUT2D eigenvalue weighted by atomic mass is 10.1. The van der Waals surface area contributed by atoms with Crippen LogP contribution in [0.5, 0.6) is 11.5 Å². The van der Waals surface area contributed by atoms with Crippen molar-refractivity contribution in [3.8, 4) is 34.1 Å². The highest BCUT2D eigenvalue weighted by molar-refractivity contribution is 9.10. The number of hydrogen-bond donors (Lipinski definition) is 2. The second-order valence-corrected chi connectivity index (χ2v) is 6.04. The molecule has 0 radical (unpaired) electrons. The van der Waals surface area contributed by atoms with E-state index in [0.29, 0.717) is 33.8 Å². The number of methoxy groups -OCH3 is 1. The number of halogens is 1. The average molecular weight is 406 g/mol. The van der Waals surface area contributed by atoms with Gasteiger partial charge in [-0.25, -0.2) is 0 Å². The standard InChI is InChI=1S/C16H16BrN5O3/c1-3-6-25-13-7-9(4-5-12(13)24-2)14-11(17)8-10(16(23)18-14)15-19-21-22-20-15/h4-5,7-8H,3,6H2,1-2H3,(H,18,23)(H,19,20,21,22). The second kappa shape index (κ2) is 7.47. The fraction of sp³-hybridized carbons (Fsp3) is 0.250. The monoisotopic (exact) mass is 405 g/mol. The molecular weight excluding hydrogens is 390 g/mol. The number of hydrogen-bond acceptors (Lipinski definition) is 6. The molecule has 3 rings (SSSR count). The zero-order valence-electron chi connectivity index (χ0n) is 13.7. The Kier molecular flexibility index (Phi) is 5.13. The topological polar surface area (TPSA) is 106 Å². The number of benzene rings is 1. The van der Waals surface area contributed by atoms with Crippen molar-refractivity contribution in [3.63, 3.8) is 0 Å². The number of nitrogens with zero attached hydrogens (tertiary/aromatic N) is 3. The first kappa shape index (κ1) is 17.2. The number of ether oxygens (including phenoxy) is 2. The smallest absolute Gasteiger partial charge is 0.259 e. The lowest BCUT2D eigenvalue weighted by molar-refractivity contribution is 0.294. The molecule has 0 aliphatic rings. The van der Waals surface area contributed by atoms with Crippen LogP contribution in [0.15, 0.2) is 33.5 Å². The second-order valence-electron chi connectivity index (χ2n) is 5.18. The zero-order chi connectivity index (χ0) is 17.8. The van der Waals surface area contributed by atoms with E-state index in [2.05, 4.69) is 41.5 Å². The number of pyridine rings is 1. The average Bonchev–Trinajstić information content (AvgIpc) is 3.15. The van der Waals surface area contributed by atoms with Crippen molar-refractivity contribution in [2.24, 2.45) is 0 Å². The van der Waals surface area contributed by atoms with Crippen LogP contribution in [0.2, 0.25) is 0 Å². The van der Waals surface area contributed by atoms with Crippen LogP contribution in [0.25, 0.3) is 22.6 Å². The summed E-state index contributed by atoms with van der Waals surface area (Å²) < 4.78 is 11.7. The van der Waals surface area contributed by atoms with Gasteiger partial charge in [0.15, 0.2) is 11.5 Å². The van der Waals surface area contributed by atoms with Crippen molar-refractivity contribution in [2.75, 3.05) is 13.7 Å². The van der Waals surface area contributed by atoms with Gasteiger partial charge in [-0.15, -0.1) is 10.2 Å². The molecule has 0 spiro atoms. The Hall–Kier alpha value is -2.68. The maximum Gasteiger partial charge on any atom is 0.259 e. The molecule has 2 N–H and O–H groups in total. The van der Waals surface area contributed by atoms with Gasteiger partial charge in [0.25, 0.3) is 5.56 Å². The largest absolute Gasteiger partial charge is 0.493 e. The molecule has 0 atom stereocenters. The van der Waals surface area contributed by atoms with Gasteiger partial charge in [0.1, 0.15) is 0 Å². The minimum atomic E-state index is -0.313. The van der Waals surface area contributed by atoms with Gasteiger partial charge in [-0.3, -0.25) is 4.79 Å². The summed E-state index contributed by atoms with van der Waals surface area (Å²) in [4.78, 5) is 15.2. The molecule has 2 aromatic heterocycles. The van der Waals surface area contributed by atoms with Gasteiger partial charge in [-0.05, 0) is 51.8 Å². The molecule has 3 aromatic rings. The van der Waals surface area contributed by atoms with Crippen molar-refractivity contribution in [3.05, 3.63) is 39.1 Å². The van der Waals surface area contributed by atoms with E-state index >= 15 is 0 Å². The third-order valence-electron chi connectivity index (χ3n) is 3.49. The van der Waals surface area contributed by atoms with Crippen LogP contribution in [0.1, 0.15) is 13.3 Å². The van der Waals surface area contributed by atoms with E-state index in [1.54, 1.807) is 19.2 Å². The van der Waals surface area contributed by atoms with Crippen molar-refractivity contribution >= 4 is 15.9 Å². The summed E-state index contributed by atoms with van der Waals surface area (Å²) in [5.74, 6) is 1.49. The first-order valence-electron chi connectivity index (χ1n) is 7.62. The van der Waals surface area contributed by atoms with E-state index in [4.69, 9.17) is 9.47 Å². The highest BCUT2D eigenvalue weighted by Gasteiger charge is 2.15. The van der Waals surface area contributed by atoms with Crippen LogP contribution in [-0.4, -0.2) is 39.3 Å². The molecule has 0 saturated heterocycles. The van der Waals surface area contributed by atoms with E-state index in [1.165, 1.54) is 0 Å². The van der Waals surface area contributed by atoms with Crippen molar-refractivity contribution in [2.45, 2.75) is 13.3 Å². The molecule has 0 fully saturated rings. The molecular formula is C16H16BrN5O3. The fourth-order valence-electron chi connectivity index (χ4n) is 2.31. The Morgan fingerprint density at radius 3 is 2.76 bits per heavy atom. The molecule has 1 aromatic carbocycles. The predicted octanol–water partition coefficient (Wildman–Crippen LogP) is 2.78. The van der Waals surface area contributed by atoms with Gasteiger partial charge < -0.3 is 14.5 Å². The summed E-state index contributed by atoms with van der Waals surface area (Å²) >= 11 is 3.49. The Bertz CT molecular complexity index is 924. The van der Waals surface area contributed by atoms with Crippen molar-refractivity contribution in [1.29, 1.82) is 0 Å². The highest BCUT2D eigenvalue weighted by Crippen LogP contribution is 2.34. The van der Waals surface area contributed by atoms with Crippen LogP contribution in [0.4, 0.5) is 0 Å². The first-order chi connectivity index (χ1) is 12.1. The quantitative estimate of drug-likeness (QED) is 0.652. The van der Waals surface area contributed by atoms with Crippen LogP contribution < -0.4 is 15.0 Å². The van der Waals surface area contributed by atoms with E-state index in [0.717, 1.165) is 12.0 Å². The molecule has 2 heterocycles. The van der Waals surface area contributed by atoms with Crippen LogP contribution in [0, 0.1) is 0 Å². The first-order valence-corrected chi connectivity index (χ1v) is 8.41. The van der Waals surface area contributed by atoms with Crippen LogP contribution in [-0.2, 0) is 0 Å². The summed E-state index contributed by atoms with van der Waals surface area (Å²) in [5, 5.41) is 13.5. The van der Waals surface area contributed by atoms with Crippen molar-refractivity contribution < 1.29 is 9.47 Å². The van der Waals surface area contributed by atoms with Crippen LogP contribution in [0.3, 0.4) is 0 Å². The molecule has 9 heteroatoms. The molecule has 0 unspecified atom stereocenters. The number of aromatic nitrogens is 5. The summed E-state index contributed by atoms with van der Waals surface area (Å²) in [6.45, 7) is 2.61. The predicted molar refractivity (Wildman–Crippen MR) is 95.7 cm³/mol. The molecule has 25 heavy (non-hydrogen) atoms. The molecule has 130 valence electrons. The number of aromatic amines is 2. The third-order valence-corrected chi connectivity index (χ3v) is 4.12. The Balaban J connectivity index is 2.04. The van der Waals surface area contributed by atoms with E-state index < -0.39 is 0 Å². The van der Waals surface area contributed by atoms with Crippen molar-refractivity contribution in [1.82, 2.24) is 25.6 Å².